The average molecular weight is 317 g/mol. The second kappa shape index (κ2) is 7.91. The van der Waals surface area contributed by atoms with Crippen molar-refractivity contribution in [2.45, 2.75) is 47.4 Å². The van der Waals surface area contributed by atoms with E-state index in [0.717, 1.165) is 11.6 Å². The van der Waals surface area contributed by atoms with E-state index in [1.165, 1.54) is 0 Å². The molecule has 0 spiro atoms. The van der Waals surface area contributed by atoms with Gasteiger partial charge in [0.1, 0.15) is 0 Å². The Morgan fingerprint density at radius 1 is 1.26 bits per heavy atom. The van der Waals surface area contributed by atoms with Crippen LogP contribution >= 0.6 is 0 Å². The van der Waals surface area contributed by atoms with Gasteiger partial charge in [-0.2, -0.15) is 0 Å². The van der Waals surface area contributed by atoms with Gasteiger partial charge in [-0.05, 0) is 49.3 Å². The van der Waals surface area contributed by atoms with Crippen LogP contribution in [0, 0.1) is 5.41 Å². The van der Waals surface area contributed by atoms with Crippen molar-refractivity contribution in [1.82, 2.24) is 0 Å². The quantitative estimate of drug-likeness (QED) is 0.586. The van der Waals surface area contributed by atoms with E-state index in [0.29, 0.717) is 17.6 Å². The van der Waals surface area contributed by atoms with Gasteiger partial charge < -0.3 is 5.11 Å². The van der Waals surface area contributed by atoms with Gasteiger partial charge in [0.05, 0.1) is 0 Å². The lowest BCUT2D eigenvalue weighted by Gasteiger charge is -2.32. The van der Waals surface area contributed by atoms with Crippen LogP contribution in [0.2, 0.25) is 0 Å². The number of hydrogen-bond donors (Lipinski definition) is 1. The second-order valence-corrected chi connectivity index (χ2v) is 6.43. The van der Waals surface area contributed by atoms with E-state index in [9.17, 15) is 9.59 Å². The molecule has 1 aliphatic carbocycles. The highest BCUT2D eigenvalue weighted by atomic mass is 16.4. The molecule has 0 saturated heterocycles. The molecule has 0 bridgehead atoms. The normalized spacial score (nSPS) is 22.4. The van der Waals surface area contributed by atoms with Crippen LogP contribution in [-0.2, 0) is 9.59 Å². The van der Waals surface area contributed by atoms with E-state index in [-0.39, 0.29) is 23.2 Å². The number of allylic oxidation sites excluding steroid dienone is 9. The van der Waals surface area contributed by atoms with Crippen molar-refractivity contribution in [3.63, 3.8) is 0 Å². The van der Waals surface area contributed by atoms with Crippen LogP contribution < -0.4 is 0 Å². The predicted molar refractivity (Wildman–Crippen MR) is 94.2 cm³/mol. The Balaban J connectivity index is 3.15. The first-order chi connectivity index (χ1) is 11.8. The number of Topliss-reactive ketones (excluding diaryl/α,β-unsaturated/α-hetero) is 1. The SMILES string of the molecule is [2H]C([2H])([2H])C1=C(C=CC(C)=CC=CC(C)=CC(=O)O)C(C)(C)CCC1=O. The molecule has 0 aromatic heterocycles. The molecule has 0 saturated carbocycles. The molecular weight excluding hydrogens is 288 g/mol. The summed E-state index contributed by atoms with van der Waals surface area (Å²) in [5, 5.41) is 8.67. The van der Waals surface area contributed by atoms with E-state index < -0.39 is 12.8 Å². The third kappa shape index (κ3) is 5.85. The Kier molecular flexibility index (Phi) is 4.96. The van der Waals surface area contributed by atoms with E-state index in [1.54, 1.807) is 37.3 Å². The highest BCUT2D eigenvalue weighted by molar-refractivity contribution is 5.97. The minimum Gasteiger partial charge on any atom is -0.478 e. The lowest BCUT2D eigenvalue weighted by molar-refractivity contribution is -0.131. The van der Waals surface area contributed by atoms with Crippen molar-refractivity contribution in [3.05, 3.63) is 58.7 Å². The van der Waals surface area contributed by atoms with Crippen molar-refractivity contribution >= 4 is 11.8 Å². The fraction of sp³-hybridized carbons (Fsp3) is 0.400. The molecule has 1 rings (SSSR count). The first kappa shape index (κ1) is 14.4. The third-order valence-electron chi connectivity index (χ3n) is 3.84. The van der Waals surface area contributed by atoms with Crippen LogP contribution in [0.15, 0.2) is 58.7 Å². The van der Waals surface area contributed by atoms with Crippen molar-refractivity contribution < 1.29 is 18.8 Å². The van der Waals surface area contributed by atoms with Gasteiger partial charge in [-0.25, -0.2) is 4.79 Å². The highest BCUT2D eigenvalue weighted by Gasteiger charge is 2.30. The largest absolute Gasteiger partial charge is 0.478 e. The standard InChI is InChI=1S/C20H26O3/c1-14(7-6-8-15(2)13-19(22)23)9-10-17-16(3)18(21)11-12-20(17,4)5/h6-10,13H,11-12H2,1-5H3,(H,22,23)/i3D3. The lowest BCUT2D eigenvalue weighted by Crippen LogP contribution is -2.24. The molecule has 0 heterocycles. The van der Waals surface area contributed by atoms with Gasteiger partial charge in [0.15, 0.2) is 5.78 Å². The van der Waals surface area contributed by atoms with E-state index >= 15 is 0 Å². The molecule has 0 aromatic carbocycles. The van der Waals surface area contributed by atoms with Crippen LogP contribution in [0.25, 0.3) is 0 Å². The fourth-order valence-electron chi connectivity index (χ4n) is 2.35. The highest BCUT2D eigenvalue weighted by Crippen LogP contribution is 2.39. The summed E-state index contributed by atoms with van der Waals surface area (Å²) in [6.45, 7) is 5.01. The summed E-state index contributed by atoms with van der Waals surface area (Å²) in [4.78, 5) is 22.8. The topological polar surface area (TPSA) is 54.4 Å². The Morgan fingerprint density at radius 2 is 1.96 bits per heavy atom. The molecule has 0 radical (unpaired) electrons. The number of rotatable bonds is 5. The van der Waals surface area contributed by atoms with Crippen molar-refractivity contribution in [2.75, 3.05) is 0 Å². The molecule has 0 atom stereocenters. The number of carbonyl (C=O) groups is 2. The van der Waals surface area contributed by atoms with Gasteiger partial charge in [0, 0.05) is 16.6 Å². The van der Waals surface area contributed by atoms with Crippen LogP contribution in [0.1, 0.15) is 51.5 Å². The zero-order valence-corrected chi connectivity index (χ0v) is 14.1. The number of carboxylic acids is 1. The number of ketones is 1. The minimum absolute atomic E-state index is 0.0615. The first-order valence-electron chi connectivity index (χ1n) is 9.07. The van der Waals surface area contributed by atoms with Gasteiger partial charge in [-0.3, -0.25) is 4.79 Å². The molecule has 23 heavy (non-hydrogen) atoms. The molecule has 0 aromatic rings. The molecule has 1 aliphatic rings. The van der Waals surface area contributed by atoms with E-state index in [1.807, 2.05) is 20.8 Å². The van der Waals surface area contributed by atoms with E-state index in [2.05, 4.69) is 0 Å². The van der Waals surface area contributed by atoms with Gasteiger partial charge >= 0.3 is 5.97 Å². The molecule has 124 valence electrons. The molecule has 0 fully saturated rings. The summed E-state index contributed by atoms with van der Waals surface area (Å²) in [6, 6.07) is 0. The van der Waals surface area contributed by atoms with Crippen LogP contribution in [-0.4, -0.2) is 16.9 Å². The van der Waals surface area contributed by atoms with Crippen molar-refractivity contribution in [1.29, 1.82) is 0 Å². The molecule has 0 amide bonds. The smallest absolute Gasteiger partial charge is 0.328 e. The van der Waals surface area contributed by atoms with Crippen LogP contribution in [0.4, 0.5) is 0 Å². The van der Waals surface area contributed by atoms with Gasteiger partial charge in [0.2, 0.25) is 0 Å². The minimum atomic E-state index is -2.43. The maximum absolute atomic E-state index is 12.2. The molecule has 3 heteroatoms. The zero-order valence-electron chi connectivity index (χ0n) is 17.1. The molecule has 1 N–H and O–H groups in total. The Bertz CT molecular complexity index is 730. The average Bonchev–Trinajstić information content (AvgIpc) is 2.46. The summed E-state index contributed by atoms with van der Waals surface area (Å²) < 4.78 is 23.1. The van der Waals surface area contributed by atoms with Gasteiger partial charge in [-0.1, -0.05) is 49.8 Å². The fourth-order valence-corrected chi connectivity index (χ4v) is 2.35. The van der Waals surface area contributed by atoms with Crippen molar-refractivity contribution in [3.8, 4) is 0 Å². The zero-order chi connectivity index (χ0) is 20.1. The summed E-state index contributed by atoms with van der Waals surface area (Å²) >= 11 is 0. The number of aliphatic carboxylic acids is 1. The maximum atomic E-state index is 12.2. The summed E-state index contributed by atoms with van der Waals surface area (Å²) in [5.41, 5.74) is 1.58. The Labute approximate surface area is 143 Å². The van der Waals surface area contributed by atoms with Gasteiger partial charge in [-0.15, -0.1) is 0 Å². The predicted octanol–water partition coefficient (Wildman–Crippen LogP) is 4.78. The Hall–Kier alpha value is -2.16. The number of carboxylic acid groups (broad SMARTS) is 1. The molecule has 0 aliphatic heterocycles. The second-order valence-electron chi connectivity index (χ2n) is 6.43. The van der Waals surface area contributed by atoms with Crippen LogP contribution in [0.5, 0.6) is 0 Å². The molecular formula is C20H26O3. The molecule has 3 nitrogen and oxygen atoms in total. The summed E-state index contributed by atoms with van der Waals surface area (Å²) in [5.74, 6) is -1.30. The van der Waals surface area contributed by atoms with Crippen LogP contribution in [0.3, 0.4) is 0 Å². The van der Waals surface area contributed by atoms with E-state index in [4.69, 9.17) is 9.22 Å². The van der Waals surface area contributed by atoms with Crippen molar-refractivity contribution in [2.24, 2.45) is 5.41 Å². The maximum Gasteiger partial charge on any atom is 0.328 e. The first-order valence-corrected chi connectivity index (χ1v) is 7.57. The Morgan fingerprint density at radius 3 is 2.57 bits per heavy atom. The number of carbonyl (C=O) groups excluding carboxylic acids is 1. The lowest BCUT2D eigenvalue weighted by atomic mass is 9.72. The summed E-state index contributed by atoms with van der Waals surface area (Å²) in [6.07, 6.45) is 10.7. The number of hydrogen-bond acceptors (Lipinski definition) is 2. The van der Waals surface area contributed by atoms with Gasteiger partial charge in [0.25, 0.3) is 0 Å². The summed E-state index contributed by atoms with van der Waals surface area (Å²) in [7, 11) is 0. The monoisotopic (exact) mass is 317 g/mol. The molecule has 0 unspecified atom stereocenters. The third-order valence-corrected chi connectivity index (χ3v) is 3.84.